The molecule has 2 N–H and O–H groups in total. The maximum atomic E-state index is 11.2. The summed E-state index contributed by atoms with van der Waals surface area (Å²) in [7, 11) is 0. The summed E-state index contributed by atoms with van der Waals surface area (Å²) in [5.74, 6) is 1.15. The molecule has 24 heavy (non-hydrogen) atoms. The van der Waals surface area contributed by atoms with Crippen LogP contribution in [0.4, 0.5) is 0 Å². The number of aldehydes is 1. The summed E-state index contributed by atoms with van der Waals surface area (Å²) in [4.78, 5) is 20.8. The first kappa shape index (κ1) is 21.4. The number of primary amides is 1. The van der Waals surface area contributed by atoms with Crippen molar-refractivity contribution >= 4 is 12.2 Å². The van der Waals surface area contributed by atoms with Gasteiger partial charge < -0.3 is 10.5 Å². The largest absolute Gasteiger partial charge is 0.458 e. The minimum absolute atomic E-state index is 0.0983. The van der Waals surface area contributed by atoms with Crippen LogP contribution >= 0.6 is 0 Å². The molecule has 0 aromatic heterocycles. The normalized spacial score (nSPS) is 17.2. The second kappa shape index (κ2) is 11.9. The van der Waals surface area contributed by atoms with Crippen LogP contribution in [0.3, 0.4) is 0 Å². The zero-order valence-electron chi connectivity index (χ0n) is 14.9. The molecule has 1 aliphatic rings. The van der Waals surface area contributed by atoms with Crippen LogP contribution in [0.1, 0.15) is 34.1 Å². The molecule has 0 aromatic carbocycles. The molecular weight excluding hydrogens is 302 g/mol. The van der Waals surface area contributed by atoms with Crippen molar-refractivity contribution in [2.45, 2.75) is 34.1 Å². The highest BCUT2D eigenvalue weighted by atomic mass is 16.5. The fourth-order valence-corrected chi connectivity index (χ4v) is 1.68. The lowest BCUT2D eigenvalue weighted by molar-refractivity contribution is -0.114. The molecule has 0 aliphatic heterocycles. The van der Waals surface area contributed by atoms with Gasteiger partial charge in [-0.3, -0.25) is 9.59 Å². The third-order valence-electron chi connectivity index (χ3n) is 3.05. The molecule has 0 saturated carbocycles. The van der Waals surface area contributed by atoms with E-state index in [1.165, 1.54) is 0 Å². The molecule has 0 fully saturated rings. The fourth-order valence-electron chi connectivity index (χ4n) is 1.68. The molecule has 4 nitrogen and oxygen atoms in total. The second-order valence-electron chi connectivity index (χ2n) is 5.17. The number of hydrogen-bond donors (Lipinski definition) is 1. The predicted molar refractivity (Wildman–Crippen MR) is 98.8 cm³/mol. The SMILES string of the molecule is C/C=C\C(=C/C)OC1=CC(C)C=C(C(N)=O)C=C1.C=C(C=O)CC. The highest BCUT2D eigenvalue weighted by Crippen LogP contribution is 2.18. The Bertz CT molecular complexity index is 604. The van der Waals surface area contributed by atoms with Gasteiger partial charge in [-0.2, -0.15) is 0 Å². The molecule has 1 atom stereocenters. The van der Waals surface area contributed by atoms with Crippen molar-refractivity contribution in [1.82, 2.24) is 0 Å². The van der Waals surface area contributed by atoms with Crippen molar-refractivity contribution in [1.29, 1.82) is 0 Å². The molecule has 0 heterocycles. The van der Waals surface area contributed by atoms with Gasteiger partial charge in [0.2, 0.25) is 5.91 Å². The van der Waals surface area contributed by atoms with E-state index in [4.69, 9.17) is 10.5 Å². The molecule has 0 aromatic rings. The number of amides is 1. The van der Waals surface area contributed by atoms with Gasteiger partial charge in [0, 0.05) is 5.57 Å². The van der Waals surface area contributed by atoms with E-state index in [9.17, 15) is 9.59 Å². The summed E-state index contributed by atoms with van der Waals surface area (Å²) >= 11 is 0. The van der Waals surface area contributed by atoms with Gasteiger partial charge >= 0.3 is 0 Å². The van der Waals surface area contributed by atoms with Crippen molar-refractivity contribution in [3.63, 3.8) is 0 Å². The van der Waals surface area contributed by atoms with Gasteiger partial charge in [-0.1, -0.05) is 32.6 Å². The van der Waals surface area contributed by atoms with Gasteiger partial charge in [0.1, 0.15) is 17.8 Å². The smallest absolute Gasteiger partial charge is 0.248 e. The molecule has 1 amide bonds. The standard InChI is InChI=1S/C15H19NO2.C5H8O/c1-4-6-13(5-2)18-14-8-7-12(15(16)17)9-11(3)10-14;1-3-5(2)4-6/h4-11H,1-3H3,(H2,16,17);4H,2-3H2,1H3/b6-4-,13-5+;. The van der Waals surface area contributed by atoms with E-state index in [-0.39, 0.29) is 5.92 Å². The molecule has 0 saturated heterocycles. The van der Waals surface area contributed by atoms with Crippen molar-refractivity contribution in [3.05, 3.63) is 71.8 Å². The van der Waals surface area contributed by atoms with E-state index in [0.717, 1.165) is 18.5 Å². The highest BCUT2D eigenvalue weighted by molar-refractivity contribution is 5.95. The molecule has 1 unspecified atom stereocenters. The topological polar surface area (TPSA) is 69.4 Å². The summed E-state index contributed by atoms with van der Waals surface area (Å²) < 4.78 is 5.72. The van der Waals surface area contributed by atoms with Gasteiger partial charge in [-0.05, 0) is 62.1 Å². The van der Waals surface area contributed by atoms with Crippen LogP contribution in [0.5, 0.6) is 0 Å². The number of rotatable bonds is 6. The summed E-state index contributed by atoms with van der Waals surface area (Å²) in [5.41, 5.74) is 6.44. The maximum Gasteiger partial charge on any atom is 0.248 e. The lowest BCUT2D eigenvalue weighted by Gasteiger charge is -2.07. The number of carbonyl (C=O) groups is 2. The summed E-state index contributed by atoms with van der Waals surface area (Å²) in [5, 5.41) is 0. The molecule has 0 radical (unpaired) electrons. The van der Waals surface area contributed by atoms with Crippen LogP contribution < -0.4 is 5.73 Å². The molecule has 130 valence electrons. The predicted octanol–water partition coefficient (Wildman–Crippen LogP) is 4.14. The van der Waals surface area contributed by atoms with Gasteiger partial charge in [0.05, 0.1) is 0 Å². The number of hydrogen-bond acceptors (Lipinski definition) is 3. The Balaban J connectivity index is 0.000000754. The lowest BCUT2D eigenvalue weighted by atomic mass is 10.1. The van der Waals surface area contributed by atoms with Crippen LogP contribution in [0, 0.1) is 5.92 Å². The Morgan fingerprint density at radius 3 is 2.42 bits per heavy atom. The van der Waals surface area contributed by atoms with E-state index in [1.807, 2.05) is 58.1 Å². The first-order chi connectivity index (χ1) is 11.4. The number of allylic oxidation sites excluding steroid dienone is 7. The minimum atomic E-state index is -0.424. The Hall–Kier alpha value is -2.62. The van der Waals surface area contributed by atoms with Crippen LogP contribution in [0.15, 0.2) is 71.8 Å². The summed E-state index contributed by atoms with van der Waals surface area (Å²) in [6.07, 6.45) is 14.4. The monoisotopic (exact) mass is 329 g/mol. The van der Waals surface area contributed by atoms with E-state index in [1.54, 1.807) is 12.2 Å². The Labute approximate surface area is 144 Å². The van der Waals surface area contributed by atoms with Crippen LogP contribution in [0.2, 0.25) is 0 Å². The van der Waals surface area contributed by atoms with Crippen molar-refractivity contribution in [2.24, 2.45) is 11.7 Å². The van der Waals surface area contributed by atoms with Crippen LogP contribution in [-0.2, 0) is 14.3 Å². The van der Waals surface area contributed by atoms with Gasteiger partial charge in [-0.25, -0.2) is 0 Å². The number of nitrogens with two attached hydrogens (primary N) is 1. The Kier molecular flexibility index (Phi) is 10.6. The molecule has 0 bridgehead atoms. The zero-order chi connectivity index (χ0) is 18.5. The third-order valence-corrected chi connectivity index (χ3v) is 3.05. The van der Waals surface area contributed by atoms with Gasteiger partial charge in [-0.15, -0.1) is 0 Å². The maximum absolute atomic E-state index is 11.2. The van der Waals surface area contributed by atoms with Crippen molar-refractivity contribution < 1.29 is 14.3 Å². The second-order valence-corrected chi connectivity index (χ2v) is 5.17. The average molecular weight is 329 g/mol. The molecule has 0 spiro atoms. The first-order valence-corrected chi connectivity index (χ1v) is 7.89. The van der Waals surface area contributed by atoms with Crippen molar-refractivity contribution in [2.75, 3.05) is 0 Å². The van der Waals surface area contributed by atoms with E-state index < -0.39 is 5.91 Å². The highest BCUT2D eigenvalue weighted by Gasteiger charge is 2.09. The van der Waals surface area contributed by atoms with Gasteiger partial charge in [0.25, 0.3) is 0 Å². The minimum Gasteiger partial charge on any atom is -0.458 e. The Morgan fingerprint density at radius 2 is 2.00 bits per heavy atom. The van der Waals surface area contributed by atoms with E-state index in [0.29, 0.717) is 16.9 Å². The number of carbonyl (C=O) groups excluding carboxylic acids is 2. The fraction of sp³-hybridized carbons (Fsp3) is 0.300. The summed E-state index contributed by atoms with van der Waals surface area (Å²) in [6.45, 7) is 11.1. The molecule has 4 heteroatoms. The van der Waals surface area contributed by atoms with E-state index in [2.05, 4.69) is 6.58 Å². The lowest BCUT2D eigenvalue weighted by Crippen LogP contribution is -2.12. The average Bonchev–Trinajstić information content (AvgIpc) is 2.75. The van der Waals surface area contributed by atoms with Crippen LogP contribution in [-0.4, -0.2) is 12.2 Å². The van der Waals surface area contributed by atoms with Crippen LogP contribution in [0.25, 0.3) is 0 Å². The molecule has 1 aliphatic carbocycles. The first-order valence-electron chi connectivity index (χ1n) is 7.89. The third kappa shape index (κ3) is 8.73. The van der Waals surface area contributed by atoms with Crippen molar-refractivity contribution in [3.8, 4) is 0 Å². The Morgan fingerprint density at radius 1 is 1.33 bits per heavy atom. The van der Waals surface area contributed by atoms with E-state index >= 15 is 0 Å². The molecular formula is C20H27NO3. The molecule has 1 rings (SSSR count). The zero-order valence-corrected chi connectivity index (χ0v) is 14.9. The quantitative estimate of drug-likeness (QED) is 0.345. The summed E-state index contributed by atoms with van der Waals surface area (Å²) in [6, 6.07) is 0. The number of ether oxygens (including phenoxy) is 1. The van der Waals surface area contributed by atoms with Gasteiger partial charge in [0.15, 0.2) is 0 Å².